The van der Waals surface area contributed by atoms with Crippen molar-refractivity contribution in [2.75, 3.05) is 20.2 Å². The van der Waals surface area contributed by atoms with Crippen molar-refractivity contribution >= 4 is 23.5 Å². The number of carbonyl (C=O) groups is 2. The van der Waals surface area contributed by atoms with Gasteiger partial charge < -0.3 is 15.0 Å². The lowest BCUT2D eigenvalue weighted by Crippen LogP contribution is -2.50. The summed E-state index contributed by atoms with van der Waals surface area (Å²) in [6.07, 6.45) is 2.17. The van der Waals surface area contributed by atoms with Crippen LogP contribution in [-0.2, 0) is 16.0 Å². The molecule has 6 heteroatoms. The van der Waals surface area contributed by atoms with E-state index in [1.807, 2.05) is 35.2 Å². The maximum Gasteiger partial charge on any atom is 0.323 e. The van der Waals surface area contributed by atoms with Crippen molar-refractivity contribution in [3.63, 3.8) is 0 Å². The van der Waals surface area contributed by atoms with Gasteiger partial charge in [-0.15, -0.1) is 0 Å². The van der Waals surface area contributed by atoms with Gasteiger partial charge in [-0.2, -0.15) is 0 Å². The quantitative estimate of drug-likeness (QED) is 0.756. The fourth-order valence-corrected chi connectivity index (χ4v) is 3.64. The molecule has 1 unspecified atom stereocenters. The summed E-state index contributed by atoms with van der Waals surface area (Å²) in [6.45, 7) is 1.30. The van der Waals surface area contributed by atoms with Gasteiger partial charge in [0.1, 0.15) is 6.04 Å². The van der Waals surface area contributed by atoms with E-state index in [2.05, 4.69) is 5.32 Å². The summed E-state index contributed by atoms with van der Waals surface area (Å²) < 4.78 is 4.98. The first-order valence-electron chi connectivity index (χ1n) is 9.49. The molecule has 2 aromatic carbocycles. The number of hydrogen-bond donors (Lipinski definition) is 1. The number of esters is 1. The van der Waals surface area contributed by atoms with Crippen LogP contribution in [0.2, 0.25) is 5.02 Å². The van der Waals surface area contributed by atoms with Gasteiger partial charge in [0.2, 0.25) is 0 Å². The zero-order valence-electron chi connectivity index (χ0n) is 15.9. The summed E-state index contributed by atoms with van der Waals surface area (Å²) in [7, 11) is 1.41. The normalized spacial score (nSPS) is 15.9. The van der Waals surface area contributed by atoms with E-state index in [0.29, 0.717) is 30.1 Å². The number of amides is 1. The lowest BCUT2D eigenvalue weighted by Gasteiger charge is -2.34. The van der Waals surface area contributed by atoms with E-state index in [1.165, 1.54) is 7.11 Å². The van der Waals surface area contributed by atoms with Gasteiger partial charge >= 0.3 is 5.97 Å². The Bertz CT molecular complexity index is 787. The molecule has 1 N–H and O–H groups in total. The fraction of sp³-hybridized carbons (Fsp3) is 0.364. The van der Waals surface area contributed by atoms with Crippen LogP contribution in [0, 0.1) is 0 Å². The lowest BCUT2D eigenvalue weighted by atomic mass is 10.00. The second-order valence-electron chi connectivity index (χ2n) is 7.01. The topological polar surface area (TPSA) is 58.6 Å². The molecule has 0 aliphatic carbocycles. The van der Waals surface area contributed by atoms with Crippen LogP contribution in [0.15, 0.2) is 54.6 Å². The number of piperidine rings is 1. The highest BCUT2D eigenvalue weighted by molar-refractivity contribution is 6.30. The van der Waals surface area contributed by atoms with Gasteiger partial charge in [0.15, 0.2) is 0 Å². The molecule has 3 rings (SSSR count). The maximum atomic E-state index is 12.6. The van der Waals surface area contributed by atoms with E-state index >= 15 is 0 Å². The number of nitrogens with one attached hydrogen (secondary N) is 1. The smallest absolute Gasteiger partial charge is 0.323 e. The number of carbonyl (C=O) groups excluding carboxylic acids is 2. The first-order chi connectivity index (χ1) is 13.6. The molecule has 1 saturated heterocycles. The number of methoxy groups -OCH3 is 1. The van der Waals surface area contributed by atoms with E-state index in [0.717, 1.165) is 18.4 Å². The number of hydrogen-bond acceptors (Lipinski definition) is 4. The molecule has 1 aliphatic rings. The summed E-state index contributed by atoms with van der Waals surface area (Å²) in [5.41, 5.74) is 1.73. The minimum atomic E-state index is -0.393. The predicted octanol–water partition coefficient (Wildman–Crippen LogP) is 3.32. The molecule has 1 amide bonds. The number of halogens is 1. The number of rotatable bonds is 6. The van der Waals surface area contributed by atoms with Crippen LogP contribution in [-0.4, -0.2) is 49.1 Å². The zero-order valence-corrected chi connectivity index (χ0v) is 16.7. The van der Waals surface area contributed by atoms with Crippen LogP contribution in [0.3, 0.4) is 0 Å². The van der Waals surface area contributed by atoms with Gasteiger partial charge in [0.05, 0.1) is 7.11 Å². The van der Waals surface area contributed by atoms with Crippen molar-refractivity contribution in [2.24, 2.45) is 0 Å². The first-order valence-corrected chi connectivity index (χ1v) is 9.87. The summed E-state index contributed by atoms with van der Waals surface area (Å²) in [4.78, 5) is 26.7. The van der Waals surface area contributed by atoms with Crippen molar-refractivity contribution in [1.82, 2.24) is 10.2 Å². The highest BCUT2D eigenvalue weighted by atomic mass is 35.5. The molecule has 0 radical (unpaired) electrons. The van der Waals surface area contributed by atoms with Crippen LogP contribution in [0.5, 0.6) is 0 Å². The predicted molar refractivity (Wildman–Crippen MR) is 109 cm³/mol. The van der Waals surface area contributed by atoms with Crippen LogP contribution >= 0.6 is 11.6 Å². The summed E-state index contributed by atoms with van der Waals surface area (Å²) in [5, 5.41) is 4.05. The third kappa shape index (κ3) is 5.33. The van der Waals surface area contributed by atoms with E-state index in [4.69, 9.17) is 16.3 Å². The molecular weight excluding hydrogens is 376 g/mol. The molecule has 0 bridgehead atoms. The summed E-state index contributed by atoms with van der Waals surface area (Å²) in [5.74, 6) is -0.243. The molecule has 0 spiro atoms. The zero-order chi connectivity index (χ0) is 19.9. The van der Waals surface area contributed by atoms with Gasteiger partial charge in [-0.05, 0) is 49.1 Å². The van der Waals surface area contributed by atoms with Gasteiger partial charge in [-0.3, -0.25) is 9.59 Å². The van der Waals surface area contributed by atoms with E-state index in [-0.39, 0.29) is 17.9 Å². The molecule has 148 valence electrons. The average Bonchev–Trinajstić information content (AvgIpc) is 2.74. The van der Waals surface area contributed by atoms with Gasteiger partial charge in [-0.25, -0.2) is 0 Å². The Morgan fingerprint density at radius 1 is 1.11 bits per heavy atom. The number of benzene rings is 2. The molecule has 1 aliphatic heterocycles. The molecular formula is C22H25ClN2O3. The Morgan fingerprint density at radius 3 is 2.36 bits per heavy atom. The van der Waals surface area contributed by atoms with Crippen LogP contribution in [0.1, 0.15) is 28.8 Å². The van der Waals surface area contributed by atoms with Crippen molar-refractivity contribution in [3.8, 4) is 0 Å². The third-order valence-corrected chi connectivity index (χ3v) is 5.33. The van der Waals surface area contributed by atoms with Crippen LogP contribution in [0.4, 0.5) is 0 Å². The van der Waals surface area contributed by atoms with E-state index in [9.17, 15) is 9.59 Å². The Kier molecular flexibility index (Phi) is 7.06. The minimum Gasteiger partial charge on any atom is -0.468 e. The monoisotopic (exact) mass is 400 g/mol. The average molecular weight is 401 g/mol. The SMILES string of the molecule is COC(=O)C(Cc1ccccc1)NC1CCN(C(=O)c2ccc(Cl)cc2)CC1. The molecule has 1 heterocycles. The highest BCUT2D eigenvalue weighted by Gasteiger charge is 2.28. The van der Waals surface area contributed by atoms with Crippen molar-refractivity contribution in [1.29, 1.82) is 0 Å². The Hall–Kier alpha value is -2.37. The summed E-state index contributed by atoms with van der Waals surface area (Å²) >= 11 is 5.89. The first kappa shape index (κ1) is 20.4. The highest BCUT2D eigenvalue weighted by Crippen LogP contribution is 2.17. The van der Waals surface area contributed by atoms with Gasteiger partial charge in [0.25, 0.3) is 5.91 Å². The van der Waals surface area contributed by atoms with E-state index < -0.39 is 6.04 Å². The van der Waals surface area contributed by atoms with Crippen molar-refractivity contribution < 1.29 is 14.3 Å². The fourth-order valence-electron chi connectivity index (χ4n) is 3.51. The molecule has 2 aromatic rings. The molecule has 1 atom stereocenters. The Labute approximate surface area is 170 Å². The minimum absolute atomic E-state index is 0.0175. The van der Waals surface area contributed by atoms with Crippen LogP contribution < -0.4 is 5.32 Å². The lowest BCUT2D eigenvalue weighted by molar-refractivity contribution is -0.143. The number of ether oxygens (including phenoxy) is 1. The van der Waals surface area contributed by atoms with Gasteiger partial charge in [0, 0.05) is 29.7 Å². The largest absolute Gasteiger partial charge is 0.468 e. The number of likely N-dealkylation sites (tertiary alicyclic amines) is 1. The Morgan fingerprint density at radius 2 is 1.75 bits per heavy atom. The van der Waals surface area contributed by atoms with E-state index in [1.54, 1.807) is 24.3 Å². The van der Waals surface area contributed by atoms with Gasteiger partial charge in [-0.1, -0.05) is 41.9 Å². The Balaban J connectivity index is 1.56. The van der Waals surface area contributed by atoms with Crippen molar-refractivity contribution in [3.05, 3.63) is 70.7 Å². The summed E-state index contributed by atoms with van der Waals surface area (Å²) in [6, 6.07) is 16.6. The van der Waals surface area contributed by atoms with Crippen LogP contribution in [0.25, 0.3) is 0 Å². The molecule has 0 saturated carbocycles. The second-order valence-corrected chi connectivity index (χ2v) is 7.44. The number of nitrogens with zero attached hydrogens (tertiary/aromatic N) is 1. The third-order valence-electron chi connectivity index (χ3n) is 5.08. The standard InChI is InChI=1S/C22H25ClN2O3/c1-28-22(27)20(15-16-5-3-2-4-6-16)24-19-11-13-25(14-12-19)21(26)17-7-9-18(23)10-8-17/h2-10,19-20,24H,11-15H2,1H3. The molecule has 1 fully saturated rings. The maximum absolute atomic E-state index is 12.6. The molecule has 5 nitrogen and oxygen atoms in total. The molecule has 28 heavy (non-hydrogen) atoms. The van der Waals surface area contributed by atoms with Crippen molar-refractivity contribution in [2.45, 2.75) is 31.3 Å². The second kappa shape index (κ2) is 9.71. The molecule has 0 aromatic heterocycles.